The average molecular weight is 555 g/mol. The van der Waals surface area contributed by atoms with E-state index in [1.54, 1.807) is 6.92 Å². The van der Waals surface area contributed by atoms with E-state index in [1.165, 1.54) is 0 Å². The average Bonchev–Trinajstić information content (AvgIpc) is 2.60. The summed E-state index contributed by atoms with van der Waals surface area (Å²) in [6, 6.07) is 2.05. The van der Waals surface area contributed by atoms with E-state index in [-0.39, 0.29) is 26.0 Å². The van der Waals surface area contributed by atoms with Gasteiger partial charge in [0.2, 0.25) is 0 Å². The normalized spacial score (nSPS) is 10.3. The van der Waals surface area contributed by atoms with Gasteiger partial charge in [0, 0.05) is 17.7 Å². The van der Waals surface area contributed by atoms with Crippen molar-refractivity contribution in [1.29, 1.82) is 5.41 Å². The first-order valence-corrected chi connectivity index (χ1v) is 7.64. The zero-order valence-electron chi connectivity index (χ0n) is 15.9. The zero-order chi connectivity index (χ0) is 24.0. The maximum atomic E-state index is 12.0. The largest absolute Gasteiger partial charge is 2.00 e. The molecule has 2 rings (SSSR count). The Morgan fingerprint density at radius 3 is 1.03 bits per heavy atom. The first kappa shape index (κ1) is 31.2. The fourth-order valence-electron chi connectivity index (χ4n) is 1.67. The fourth-order valence-corrected chi connectivity index (χ4v) is 1.67. The van der Waals surface area contributed by atoms with Crippen molar-refractivity contribution in [2.75, 3.05) is 0 Å². The Labute approximate surface area is 184 Å². The third-order valence-electron chi connectivity index (χ3n) is 2.70. The Bertz CT molecular complexity index is 800. The van der Waals surface area contributed by atoms with E-state index in [4.69, 9.17) is 11.1 Å². The predicted octanol–water partition coefficient (Wildman–Crippen LogP) is 5.52. The van der Waals surface area contributed by atoms with Crippen molar-refractivity contribution in [3.63, 3.8) is 0 Å². The van der Waals surface area contributed by atoms with Crippen molar-refractivity contribution < 1.29 is 64.3 Å². The fraction of sp³-hybridized carbons (Fsp3) is 0.278. The Balaban J connectivity index is 0. The third kappa shape index (κ3) is 10.3. The van der Waals surface area contributed by atoms with Crippen LogP contribution < -0.4 is 5.73 Å². The van der Waals surface area contributed by atoms with Crippen LogP contribution in [0.1, 0.15) is 27.2 Å². The molecule has 0 aliphatic heterocycles. The Morgan fingerprint density at radius 2 is 0.903 bits per heavy atom. The van der Waals surface area contributed by atoms with Crippen molar-refractivity contribution >= 4 is 5.71 Å². The molecule has 0 fully saturated rings. The van der Waals surface area contributed by atoms with Crippen LogP contribution in [-0.4, -0.2) is 11.3 Å². The van der Waals surface area contributed by atoms with Crippen LogP contribution in [0.2, 0.25) is 0 Å². The molecule has 0 saturated heterocycles. The van der Waals surface area contributed by atoms with Gasteiger partial charge in [-0.3, -0.25) is 17.6 Å². The van der Waals surface area contributed by atoms with Gasteiger partial charge in [-0.2, -0.15) is 0 Å². The number of rotatable bonds is 2. The molecule has 13 heteroatoms. The minimum Gasteiger partial charge on any atom is -0.325 e. The molecule has 0 amide bonds. The third-order valence-corrected chi connectivity index (χ3v) is 2.70. The summed E-state index contributed by atoms with van der Waals surface area (Å²) in [6.07, 6.45) is 0.687. The molecule has 0 radical (unpaired) electrons. The maximum absolute atomic E-state index is 12.0. The van der Waals surface area contributed by atoms with E-state index in [0.717, 1.165) is 12.1 Å². The number of nitrogens with two attached hydrogens (primary N) is 1. The van der Waals surface area contributed by atoms with Gasteiger partial charge in [-0.15, -0.1) is 12.1 Å². The molecule has 0 aliphatic rings. The molecular formula is C18H14F10N2Pd. The molecule has 0 spiro atoms. The van der Waals surface area contributed by atoms with Gasteiger partial charge < -0.3 is 11.1 Å². The molecular weight excluding hydrogens is 541 g/mol. The summed E-state index contributed by atoms with van der Waals surface area (Å²) in [5.41, 5.74) is 6.04. The van der Waals surface area contributed by atoms with Crippen LogP contribution in [0, 0.1) is 75.7 Å². The molecule has 0 unspecified atom stereocenters. The minimum absolute atomic E-state index is 0. The molecule has 0 bridgehead atoms. The van der Waals surface area contributed by atoms with Crippen LogP contribution >= 0.6 is 0 Å². The summed E-state index contributed by atoms with van der Waals surface area (Å²) in [7, 11) is 0. The second-order valence-electron chi connectivity index (χ2n) is 6.34. The van der Waals surface area contributed by atoms with E-state index in [2.05, 4.69) is 0 Å². The molecule has 2 nitrogen and oxygen atoms in total. The molecule has 3 N–H and O–H groups in total. The first-order chi connectivity index (χ1) is 13.5. The Kier molecular flexibility index (Phi) is 12.9. The Hall–Kier alpha value is -1.97. The van der Waals surface area contributed by atoms with Gasteiger partial charge in [-0.1, -0.05) is 0 Å². The van der Waals surface area contributed by atoms with Crippen LogP contribution in [0.3, 0.4) is 0 Å². The molecule has 0 aliphatic carbocycles. The van der Waals surface area contributed by atoms with Crippen molar-refractivity contribution in [2.45, 2.75) is 32.7 Å². The monoisotopic (exact) mass is 554 g/mol. The number of benzene rings is 2. The van der Waals surface area contributed by atoms with Gasteiger partial charge in [0.05, 0.1) is 58.2 Å². The molecule has 0 heterocycles. The van der Waals surface area contributed by atoms with Crippen LogP contribution in [0.5, 0.6) is 0 Å². The van der Waals surface area contributed by atoms with Crippen molar-refractivity contribution in [3.05, 3.63) is 70.3 Å². The van der Waals surface area contributed by atoms with E-state index in [1.807, 2.05) is 13.8 Å². The summed E-state index contributed by atoms with van der Waals surface area (Å²) in [4.78, 5) is 0. The van der Waals surface area contributed by atoms with Crippen LogP contribution in [0.4, 0.5) is 43.9 Å². The summed E-state index contributed by atoms with van der Waals surface area (Å²) in [5.74, 6) is -20.1. The van der Waals surface area contributed by atoms with E-state index in [9.17, 15) is 43.9 Å². The van der Waals surface area contributed by atoms with Crippen LogP contribution in [0.15, 0.2) is 0 Å². The number of hydrogen-bond acceptors (Lipinski definition) is 2. The number of halogens is 10. The van der Waals surface area contributed by atoms with Crippen molar-refractivity contribution in [3.8, 4) is 0 Å². The van der Waals surface area contributed by atoms with Crippen LogP contribution in [-0.2, 0) is 20.4 Å². The molecule has 176 valence electrons. The molecule has 2 aromatic rings. The van der Waals surface area contributed by atoms with Crippen molar-refractivity contribution in [1.82, 2.24) is 0 Å². The van der Waals surface area contributed by atoms with E-state index >= 15 is 0 Å². The molecule has 2 aromatic carbocycles. The maximum Gasteiger partial charge on any atom is 2.00 e. The number of nitrogens with one attached hydrogen (secondary N) is 1. The standard InChI is InChI=1S/2C6F5.C6H14N2.Pd/c2*7-2-1-3(8)5(10)6(11)4(2)9;1-5(7)4-6(2,3)8;/h;;7H,4,8H2,1-3H3;/q2*-1;;+2. The summed E-state index contributed by atoms with van der Waals surface area (Å²) in [6.45, 7) is 5.62. The zero-order valence-corrected chi connectivity index (χ0v) is 17.4. The smallest absolute Gasteiger partial charge is 0.325 e. The van der Waals surface area contributed by atoms with Gasteiger partial charge >= 0.3 is 20.4 Å². The number of hydrogen-bond donors (Lipinski definition) is 2. The van der Waals surface area contributed by atoms with Gasteiger partial charge in [-0.25, -0.2) is 26.3 Å². The molecule has 0 saturated carbocycles. The van der Waals surface area contributed by atoms with Crippen LogP contribution in [0.25, 0.3) is 0 Å². The molecule has 0 aromatic heterocycles. The van der Waals surface area contributed by atoms with Gasteiger partial charge in [0.1, 0.15) is 0 Å². The van der Waals surface area contributed by atoms with Gasteiger partial charge in [-0.05, 0) is 20.8 Å². The summed E-state index contributed by atoms with van der Waals surface area (Å²) in [5, 5.41) is 7.07. The second kappa shape index (κ2) is 12.8. The van der Waals surface area contributed by atoms with Gasteiger partial charge in [0.15, 0.2) is 0 Å². The summed E-state index contributed by atoms with van der Waals surface area (Å²) < 4.78 is 120. The van der Waals surface area contributed by atoms with Crippen molar-refractivity contribution in [2.24, 2.45) is 5.73 Å². The molecule has 31 heavy (non-hydrogen) atoms. The summed E-state index contributed by atoms with van der Waals surface area (Å²) >= 11 is 0. The SMILES string of the molecule is CC(=N)CC(C)(C)N.Fc1[c-]c(F)c(F)c(F)c1F.Fc1[c-]c(F)c(F)c(F)c1F.[Pd+2]. The molecule has 0 atom stereocenters. The Morgan fingerprint density at radius 1 is 0.677 bits per heavy atom. The second-order valence-corrected chi connectivity index (χ2v) is 6.34. The van der Waals surface area contributed by atoms with E-state index in [0.29, 0.717) is 12.1 Å². The first-order valence-electron chi connectivity index (χ1n) is 7.64. The quantitative estimate of drug-likeness (QED) is 0.126. The predicted molar refractivity (Wildman–Crippen MR) is 86.4 cm³/mol. The van der Waals surface area contributed by atoms with E-state index < -0.39 is 58.2 Å². The minimum atomic E-state index is -2.17. The topological polar surface area (TPSA) is 49.9 Å². The van der Waals surface area contributed by atoms with Gasteiger partial charge in [0.25, 0.3) is 0 Å².